The smallest absolute Gasteiger partial charge is 0.398 e. The van der Waals surface area contributed by atoms with Gasteiger partial charge in [0.1, 0.15) is 17.9 Å². The number of nitro groups is 1. The number of anilines is 1. The zero-order valence-electron chi connectivity index (χ0n) is 20.0. The first kappa shape index (κ1) is 24.6. The van der Waals surface area contributed by atoms with Crippen LogP contribution in [0.2, 0.25) is 0 Å². The van der Waals surface area contributed by atoms with E-state index in [1.165, 1.54) is 4.68 Å². The molecule has 0 aliphatic carbocycles. The lowest BCUT2D eigenvalue weighted by Crippen LogP contribution is -2.31. The maximum atomic E-state index is 12.1. The van der Waals surface area contributed by atoms with Gasteiger partial charge < -0.3 is 30.4 Å². The molecule has 2 amide bonds. The number of nitrogens with zero attached hydrogens (tertiary/aromatic N) is 4. The summed E-state index contributed by atoms with van der Waals surface area (Å²) in [6.45, 7) is 5.05. The Hall–Kier alpha value is -4.51. The van der Waals surface area contributed by atoms with Crippen molar-refractivity contribution in [1.29, 1.82) is 0 Å². The highest BCUT2D eigenvalue weighted by molar-refractivity contribution is 5.99. The monoisotopic (exact) mass is 490 g/mol. The van der Waals surface area contributed by atoms with Gasteiger partial charge in [0.05, 0.1) is 17.0 Å². The van der Waals surface area contributed by atoms with E-state index in [1.807, 2.05) is 19.0 Å². The van der Waals surface area contributed by atoms with Crippen molar-refractivity contribution in [1.82, 2.24) is 20.0 Å². The van der Waals surface area contributed by atoms with Crippen molar-refractivity contribution < 1.29 is 19.2 Å². The molecule has 0 fully saturated rings. The van der Waals surface area contributed by atoms with E-state index < -0.39 is 10.8 Å². The molecular formula is C25H26N6O5. The van der Waals surface area contributed by atoms with Gasteiger partial charge >= 0.3 is 5.82 Å². The number of hydrogen-bond donors (Lipinski definition) is 2. The molecule has 0 bridgehead atoms. The number of likely N-dealkylation sites (N-methyl/N-ethyl adjacent to an activating group) is 1. The van der Waals surface area contributed by atoms with Crippen LogP contribution in [0.1, 0.15) is 15.9 Å². The molecule has 0 spiro atoms. The number of fused-ring (bicyclic) bond motifs is 1. The molecule has 0 saturated carbocycles. The lowest BCUT2D eigenvalue weighted by atomic mass is 9.96. The van der Waals surface area contributed by atoms with Gasteiger partial charge in [-0.3, -0.25) is 9.59 Å². The summed E-state index contributed by atoms with van der Waals surface area (Å²) in [7, 11) is 3.85. The largest absolute Gasteiger partial charge is 0.492 e. The van der Waals surface area contributed by atoms with E-state index in [0.29, 0.717) is 59.9 Å². The molecule has 0 unspecified atom stereocenters. The molecule has 3 aromatic rings. The van der Waals surface area contributed by atoms with Crippen molar-refractivity contribution in [3.8, 4) is 22.6 Å². The lowest BCUT2D eigenvalue weighted by molar-refractivity contribution is -0.389. The van der Waals surface area contributed by atoms with Crippen LogP contribution in [0.4, 0.5) is 11.5 Å². The highest BCUT2D eigenvalue weighted by atomic mass is 16.6. The number of hydrogen-bond acceptors (Lipinski definition) is 7. The Morgan fingerprint density at radius 3 is 2.83 bits per heavy atom. The Morgan fingerprint density at radius 1 is 1.31 bits per heavy atom. The van der Waals surface area contributed by atoms with Crippen LogP contribution in [0.5, 0.6) is 5.75 Å². The normalized spacial score (nSPS) is 12.6. The minimum atomic E-state index is -0.546. The molecule has 0 saturated heterocycles. The van der Waals surface area contributed by atoms with Crippen LogP contribution in [-0.2, 0) is 11.2 Å². The van der Waals surface area contributed by atoms with Gasteiger partial charge in [-0.15, -0.1) is 4.68 Å². The molecule has 2 heterocycles. The van der Waals surface area contributed by atoms with Gasteiger partial charge in [0, 0.05) is 36.5 Å². The standard InChI is InChI=1S/C25H26N6O5/c1-4-23(32)27-18-12-19(14-20(13-18)36-10-9-29(2)3)30-15-22(24(28-30)31(34)35)16-5-6-21-17(11-16)7-8-26-25(21)33/h4-6,11-15H,1,7-10H2,2-3H3,(H,26,33)(H,27,32). The molecule has 186 valence electrons. The Kier molecular flexibility index (Phi) is 7.11. The second kappa shape index (κ2) is 10.4. The Bertz CT molecular complexity index is 1350. The minimum Gasteiger partial charge on any atom is -0.492 e. The quantitative estimate of drug-likeness (QED) is 0.268. The number of carbonyl (C=O) groups excluding carboxylic acids is 2. The van der Waals surface area contributed by atoms with E-state index in [9.17, 15) is 19.7 Å². The number of nitrogens with one attached hydrogen (secondary N) is 2. The van der Waals surface area contributed by atoms with Gasteiger partial charge in [0.15, 0.2) is 0 Å². The van der Waals surface area contributed by atoms with Crippen LogP contribution < -0.4 is 15.4 Å². The van der Waals surface area contributed by atoms with E-state index in [2.05, 4.69) is 22.3 Å². The average molecular weight is 491 g/mol. The highest BCUT2D eigenvalue weighted by Gasteiger charge is 2.25. The van der Waals surface area contributed by atoms with Crippen molar-refractivity contribution in [2.24, 2.45) is 0 Å². The number of rotatable bonds is 9. The summed E-state index contributed by atoms with van der Waals surface area (Å²) in [6.07, 6.45) is 3.34. The third kappa shape index (κ3) is 5.41. The summed E-state index contributed by atoms with van der Waals surface area (Å²) >= 11 is 0. The van der Waals surface area contributed by atoms with E-state index in [1.54, 1.807) is 42.6 Å². The fourth-order valence-corrected chi connectivity index (χ4v) is 3.84. The fourth-order valence-electron chi connectivity index (χ4n) is 3.84. The van der Waals surface area contributed by atoms with Crippen LogP contribution >= 0.6 is 0 Å². The molecule has 36 heavy (non-hydrogen) atoms. The average Bonchev–Trinajstić information content (AvgIpc) is 3.30. The predicted octanol–water partition coefficient (Wildman–Crippen LogP) is 2.80. The number of amides is 2. The number of benzene rings is 2. The molecule has 0 radical (unpaired) electrons. The van der Waals surface area contributed by atoms with Crippen LogP contribution in [0.25, 0.3) is 16.8 Å². The summed E-state index contributed by atoms with van der Waals surface area (Å²) in [5.41, 5.74) is 3.17. The van der Waals surface area contributed by atoms with Crippen LogP contribution in [0.3, 0.4) is 0 Å². The van der Waals surface area contributed by atoms with Crippen LogP contribution in [0.15, 0.2) is 55.3 Å². The number of aromatic nitrogens is 2. The Morgan fingerprint density at radius 2 is 2.11 bits per heavy atom. The molecule has 1 aliphatic rings. The van der Waals surface area contributed by atoms with Gasteiger partial charge in [0.25, 0.3) is 5.91 Å². The first-order valence-corrected chi connectivity index (χ1v) is 11.3. The first-order valence-electron chi connectivity index (χ1n) is 11.3. The van der Waals surface area contributed by atoms with Gasteiger partial charge in [-0.2, -0.15) is 0 Å². The minimum absolute atomic E-state index is 0.159. The zero-order chi connectivity index (χ0) is 25.8. The third-order valence-electron chi connectivity index (χ3n) is 5.62. The molecule has 4 rings (SSSR count). The molecule has 0 atom stereocenters. The molecule has 2 aromatic carbocycles. The van der Waals surface area contributed by atoms with Crippen molar-refractivity contribution in [3.05, 3.63) is 76.5 Å². The molecule has 1 aliphatic heterocycles. The number of carbonyl (C=O) groups is 2. The van der Waals surface area contributed by atoms with E-state index in [0.717, 1.165) is 11.6 Å². The van der Waals surface area contributed by atoms with Crippen molar-refractivity contribution in [2.45, 2.75) is 6.42 Å². The van der Waals surface area contributed by atoms with Gasteiger partial charge in [0.2, 0.25) is 5.91 Å². The van der Waals surface area contributed by atoms with Gasteiger partial charge in [-0.05, 0) is 60.8 Å². The predicted molar refractivity (Wildman–Crippen MR) is 135 cm³/mol. The van der Waals surface area contributed by atoms with Crippen molar-refractivity contribution >= 4 is 23.3 Å². The summed E-state index contributed by atoms with van der Waals surface area (Å²) in [5.74, 6) is -0.427. The first-order chi connectivity index (χ1) is 17.2. The highest BCUT2D eigenvalue weighted by Crippen LogP contribution is 2.33. The van der Waals surface area contributed by atoms with Gasteiger partial charge in [-0.25, -0.2) is 0 Å². The Labute approximate surface area is 207 Å². The number of ether oxygens (including phenoxy) is 1. The fraction of sp³-hybridized carbons (Fsp3) is 0.240. The topological polar surface area (TPSA) is 132 Å². The molecule has 11 heteroatoms. The summed E-state index contributed by atoms with van der Waals surface area (Å²) in [4.78, 5) is 37.3. The second-order valence-corrected chi connectivity index (χ2v) is 8.51. The van der Waals surface area contributed by atoms with Crippen molar-refractivity contribution in [3.63, 3.8) is 0 Å². The van der Waals surface area contributed by atoms with E-state index in [-0.39, 0.29) is 11.7 Å². The van der Waals surface area contributed by atoms with Crippen LogP contribution in [0, 0.1) is 10.1 Å². The summed E-state index contributed by atoms with van der Waals surface area (Å²) < 4.78 is 7.22. The van der Waals surface area contributed by atoms with E-state index >= 15 is 0 Å². The third-order valence-corrected chi connectivity index (χ3v) is 5.62. The molecule has 1 aromatic heterocycles. The molecular weight excluding hydrogens is 464 g/mol. The van der Waals surface area contributed by atoms with Gasteiger partial charge in [-0.1, -0.05) is 12.6 Å². The molecule has 11 nitrogen and oxygen atoms in total. The second-order valence-electron chi connectivity index (χ2n) is 8.51. The summed E-state index contributed by atoms with van der Waals surface area (Å²) in [6, 6.07) is 10.1. The maximum Gasteiger partial charge on any atom is 0.398 e. The Balaban J connectivity index is 1.75. The van der Waals surface area contributed by atoms with Crippen LogP contribution in [-0.4, -0.2) is 65.2 Å². The SMILES string of the molecule is C=CC(=O)Nc1cc(OCCN(C)C)cc(-n2cc(-c3ccc4c(c3)CCNC4=O)c([N+](=O)[O-])n2)c1. The molecule has 2 N–H and O–H groups in total. The maximum absolute atomic E-state index is 12.1. The summed E-state index contributed by atoms with van der Waals surface area (Å²) in [5, 5.41) is 21.6. The van der Waals surface area contributed by atoms with Crippen molar-refractivity contribution in [2.75, 3.05) is 39.1 Å². The zero-order valence-corrected chi connectivity index (χ0v) is 20.0. The van der Waals surface area contributed by atoms with E-state index in [4.69, 9.17) is 4.74 Å². The lowest BCUT2D eigenvalue weighted by Gasteiger charge is -2.16.